The third-order valence-corrected chi connectivity index (χ3v) is 6.35. The molecule has 3 aromatic carbocycles. The number of hydrogen-bond acceptors (Lipinski definition) is 1. The van der Waals surface area contributed by atoms with E-state index >= 15 is 0 Å². The van der Waals surface area contributed by atoms with Crippen molar-refractivity contribution in [3.63, 3.8) is 0 Å². The summed E-state index contributed by atoms with van der Waals surface area (Å²) in [6.45, 7) is 1.20. The molecule has 2 atom stereocenters. The van der Waals surface area contributed by atoms with E-state index < -0.39 is 0 Å². The largest absolute Gasteiger partial charge is 0.313 e. The summed E-state index contributed by atoms with van der Waals surface area (Å²) in [5, 5.41) is 3.76. The maximum atomic E-state index is 3.76. The number of benzene rings is 3. The van der Waals surface area contributed by atoms with Crippen LogP contribution in [0.15, 0.2) is 78.9 Å². The molecule has 1 nitrogen and oxygen atoms in total. The van der Waals surface area contributed by atoms with Crippen molar-refractivity contribution in [3.05, 3.63) is 84.4 Å². The lowest BCUT2D eigenvalue weighted by Gasteiger charge is -2.07. The van der Waals surface area contributed by atoms with E-state index in [2.05, 4.69) is 84.2 Å². The normalized spacial score (nSPS) is 20.9. The lowest BCUT2D eigenvalue weighted by atomic mass is 9.99. The Morgan fingerprint density at radius 3 is 1.86 bits per heavy atom. The molecule has 2 saturated carbocycles. The molecule has 0 aliphatic heterocycles. The maximum absolute atomic E-state index is 3.76. The molecule has 1 unspecified atom stereocenters. The van der Waals surface area contributed by atoms with Crippen molar-refractivity contribution in [3.8, 4) is 22.3 Å². The van der Waals surface area contributed by atoms with Crippen molar-refractivity contribution in [2.24, 2.45) is 5.92 Å². The third kappa shape index (κ3) is 4.20. The summed E-state index contributed by atoms with van der Waals surface area (Å²) in [6, 6.07) is 29.4. The van der Waals surface area contributed by atoms with Crippen molar-refractivity contribution in [1.82, 2.24) is 5.32 Å². The first-order valence-corrected chi connectivity index (χ1v) is 10.9. The van der Waals surface area contributed by atoms with Crippen LogP contribution in [0.3, 0.4) is 0 Å². The Balaban J connectivity index is 1.17. The fourth-order valence-corrected chi connectivity index (χ4v) is 4.28. The zero-order valence-corrected chi connectivity index (χ0v) is 16.5. The average Bonchev–Trinajstić information content (AvgIpc) is 3.68. The Hall–Kier alpha value is -2.38. The highest BCUT2D eigenvalue weighted by atomic mass is 15.0. The van der Waals surface area contributed by atoms with Crippen LogP contribution in [0.5, 0.6) is 0 Å². The second kappa shape index (κ2) is 7.93. The smallest absolute Gasteiger partial charge is 0.0143 e. The molecule has 2 aliphatic carbocycles. The molecule has 1 heteroatoms. The topological polar surface area (TPSA) is 12.0 Å². The Bertz CT molecular complexity index is 891. The van der Waals surface area contributed by atoms with Crippen LogP contribution in [0.25, 0.3) is 22.3 Å². The van der Waals surface area contributed by atoms with Crippen LogP contribution >= 0.6 is 0 Å². The molecular formula is C27H29N. The Labute approximate surface area is 168 Å². The van der Waals surface area contributed by atoms with Gasteiger partial charge >= 0.3 is 0 Å². The van der Waals surface area contributed by atoms with Crippen LogP contribution in [0.1, 0.15) is 43.6 Å². The highest BCUT2D eigenvalue weighted by Gasteiger charge is 2.37. The number of nitrogens with one attached hydrogen (secondary N) is 1. The molecule has 0 bridgehead atoms. The molecule has 0 heterocycles. The highest BCUT2D eigenvalue weighted by molar-refractivity contribution is 5.70. The SMILES string of the molecule is c1ccc(-c2ccc(-c3ccc(C4C[C@@H]4NCCCC4CC4)cc3)cc2)cc1. The van der Waals surface area contributed by atoms with Gasteiger partial charge in [0.05, 0.1) is 0 Å². The monoisotopic (exact) mass is 367 g/mol. The van der Waals surface area contributed by atoms with E-state index in [9.17, 15) is 0 Å². The van der Waals surface area contributed by atoms with Crippen molar-refractivity contribution < 1.29 is 0 Å². The van der Waals surface area contributed by atoms with E-state index in [-0.39, 0.29) is 0 Å². The molecule has 3 aromatic rings. The molecule has 2 aliphatic rings. The zero-order chi connectivity index (χ0) is 18.8. The van der Waals surface area contributed by atoms with Gasteiger partial charge in [-0.2, -0.15) is 0 Å². The van der Waals surface area contributed by atoms with Gasteiger partial charge in [-0.25, -0.2) is 0 Å². The summed E-state index contributed by atoms with van der Waals surface area (Å²) in [6.07, 6.45) is 7.04. The molecule has 5 rings (SSSR count). The standard InChI is InChI=1S/C27H29N/c1-2-6-21(7-3-1)22-10-12-23(13-11-22)24-14-16-25(17-15-24)26-19-27(26)28-18-4-5-20-8-9-20/h1-3,6-7,10-17,20,26-28H,4-5,8-9,18-19H2/t26?,27-/m0/s1. The van der Waals surface area contributed by atoms with E-state index in [1.54, 1.807) is 0 Å². The predicted octanol–water partition coefficient (Wildman–Crippen LogP) is 6.66. The van der Waals surface area contributed by atoms with Gasteiger partial charge in [-0.1, -0.05) is 91.7 Å². The van der Waals surface area contributed by atoms with E-state index in [0.717, 1.165) is 11.8 Å². The zero-order valence-electron chi connectivity index (χ0n) is 16.5. The van der Waals surface area contributed by atoms with Gasteiger partial charge in [0.15, 0.2) is 0 Å². The molecular weight excluding hydrogens is 338 g/mol. The molecule has 0 spiro atoms. The van der Waals surface area contributed by atoms with E-state index in [0.29, 0.717) is 6.04 Å². The van der Waals surface area contributed by atoms with Crippen molar-refractivity contribution >= 4 is 0 Å². The molecule has 28 heavy (non-hydrogen) atoms. The van der Waals surface area contributed by atoms with Gasteiger partial charge in [-0.3, -0.25) is 0 Å². The summed E-state index contributed by atoms with van der Waals surface area (Å²) in [5.41, 5.74) is 6.63. The Morgan fingerprint density at radius 1 is 0.679 bits per heavy atom. The minimum Gasteiger partial charge on any atom is -0.313 e. The van der Waals surface area contributed by atoms with Gasteiger partial charge in [0.25, 0.3) is 0 Å². The lowest BCUT2D eigenvalue weighted by Crippen LogP contribution is -2.19. The second-order valence-electron chi connectivity index (χ2n) is 8.55. The first kappa shape index (κ1) is 17.7. The van der Waals surface area contributed by atoms with Gasteiger partial charge in [0.2, 0.25) is 0 Å². The van der Waals surface area contributed by atoms with Gasteiger partial charge in [0, 0.05) is 12.0 Å². The summed E-state index contributed by atoms with van der Waals surface area (Å²) in [5.74, 6) is 1.78. The average molecular weight is 368 g/mol. The van der Waals surface area contributed by atoms with E-state index in [1.807, 2.05) is 0 Å². The van der Waals surface area contributed by atoms with E-state index in [4.69, 9.17) is 0 Å². The van der Waals surface area contributed by atoms with Crippen LogP contribution in [0, 0.1) is 5.92 Å². The fourth-order valence-electron chi connectivity index (χ4n) is 4.28. The maximum Gasteiger partial charge on any atom is 0.0143 e. The molecule has 2 fully saturated rings. The first-order valence-electron chi connectivity index (χ1n) is 10.9. The van der Waals surface area contributed by atoms with Gasteiger partial charge in [0.1, 0.15) is 0 Å². The van der Waals surface area contributed by atoms with Crippen molar-refractivity contribution in [1.29, 1.82) is 0 Å². The summed E-state index contributed by atoms with van der Waals surface area (Å²) < 4.78 is 0. The van der Waals surface area contributed by atoms with E-state index in [1.165, 1.54) is 66.5 Å². The highest BCUT2D eigenvalue weighted by Crippen LogP contribution is 2.41. The summed E-state index contributed by atoms with van der Waals surface area (Å²) in [4.78, 5) is 0. The van der Waals surface area contributed by atoms with Gasteiger partial charge < -0.3 is 5.32 Å². The van der Waals surface area contributed by atoms with Crippen molar-refractivity contribution in [2.45, 2.75) is 44.1 Å². The molecule has 142 valence electrons. The van der Waals surface area contributed by atoms with Crippen LogP contribution in [0.2, 0.25) is 0 Å². The second-order valence-corrected chi connectivity index (χ2v) is 8.55. The summed E-state index contributed by atoms with van der Waals surface area (Å²) in [7, 11) is 0. The third-order valence-electron chi connectivity index (χ3n) is 6.35. The predicted molar refractivity (Wildman–Crippen MR) is 118 cm³/mol. The minimum absolute atomic E-state index is 0.704. The summed E-state index contributed by atoms with van der Waals surface area (Å²) >= 11 is 0. The molecule has 0 radical (unpaired) electrons. The van der Waals surface area contributed by atoms with Crippen LogP contribution in [0.4, 0.5) is 0 Å². The first-order chi connectivity index (χ1) is 13.9. The van der Waals surface area contributed by atoms with Crippen LogP contribution in [-0.2, 0) is 0 Å². The number of hydrogen-bond donors (Lipinski definition) is 1. The van der Waals surface area contributed by atoms with Gasteiger partial charge in [-0.05, 0) is 59.5 Å². The van der Waals surface area contributed by atoms with Crippen molar-refractivity contribution in [2.75, 3.05) is 6.54 Å². The van der Waals surface area contributed by atoms with Gasteiger partial charge in [-0.15, -0.1) is 0 Å². The lowest BCUT2D eigenvalue weighted by molar-refractivity contribution is 0.586. The molecule has 0 amide bonds. The van der Waals surface area contributed by atoms with Crippen LogP contribution in [-0.4, -0.2) is 12.6 Å². The molecule has 1 N–H and O–H groups in total. The number of rotatable bonds is 8. The molecule has 0 aromatic heterocycles. The Morgan fingerprint density at radius 2 is 1.25 bits per heavy atom. The fraction of sp³-hybridized carbons (Fsp3) is 0.333. The van der Waals surface area contributed by atoms with Crippen LogP contribution < -0.4 is 5.32 Å². The Kier molecular flexibility index (Phi) is 5.01. The molecule has 0 saturated heterocycles. The quantitative estimate of drug-likeness (QED) is 0.439. The minimum atomic E-state index is 0.704.